The van der Waals surface area contributed by atoms with Gasteiger partial charge in [-0.1, -0.05) is 0 Å². The first-order chi connectivity index (χ1) is 14.9. The highest BCUT2D eigenvalue weighted by atomic mass is 16.5. The number of hydrogen-bond acceptors (Lipinski definition) is 7. The van der Waals surface area contributed by atoms with Crippen LogP contribution in [0.25, 0.3) is 10.9 Å². The molecule has 1 unspecified atom stereocenters. The molecule has 0 bridgehead atoms. The topological polar surface area (TPSA) is 110 Å². The van der Waals surface area contributed by atoms with E-state index in [1.807, 2.05) is 47.8 Å². The number of fused-ring (bicyclic) bond motifs is 1. The van der Waals surface area contributed by atoms with Gasteiger partial charge in [-0.3, -0.25) is 19.4 Å². The number of pyridine rings is 1. The van der Waals surface area contributed by atoms with Crippen molar-refractivity contribution in [3.05, 3.63) is 59.9 Å². The number of amides is 1. The summed E-state index contributed by atoms with van der Waals surface area (Å²) >= 11 is 0. The van der Waals surface area contributed by atoms with Crippen molar-refractivity contribution in [2.24, 2.45) is 12.8 Å². The third kappa shape index (κ3) is 3.27. The van der Waals surface area contributed by atoms with Gasteiger partial charge in [-0.05, 0) is 37.6 Å². The van der Waals surface area contributed by atoms with Gasteiger partial charge in [0.15, 0.2) is 0 Å². The largest absolute Gasteiger partial charge is 0.471 e. The third-order valence-corrected chi connectivity index (χ3v) is 5.87. The van der Waals surface area contributed by atoms with E-state index in [1.165, 1.54) is 6.26 Å². The Labute approximate surface area is 179 Å². The smallest absolute Gasteiger partial charge is 0.268 e. The van der Waals surface area contributed by atoms with Gasteiger partial charge in [0, 0.05) is 43.0 Å². The van der Waals surface area contributed by atoms with Gasteiger partial charge in [0.2, 0.25) is 6.23 Å². The molecular formula is C22H24N6O3. The fraction of sp³-hybridized carbons (Fsp3) is 0.318. The van der Waals surface area contributed by atoms with Gasteiger partial charge < -0.3 is 20.5 Å². The highest BCUT2D eigenvalue weighted by Gasteiger charge is 2.37. The van der Waals surface area contributed by atoms with Crippen LogP contribution in [0.15, 0.2) is 48.6 Å². The molecule has 0 saturated carbocycles. The lowest BCUT2D eigenvalue weighted by molar-refractivity contribution is -0.114. The number of aliphatic hydroxyl groups is 1. The number of ether oxygens (including phenoxy) is 1. The van der Waals surface area contributed by atoms with Crippen LogP contribution in [-0.2, 0) is 16.6 Å². The van der Waals surface area contributed by atoms with Crippen LogP contribution in [0.5, 0.6) is 0 Å². The maximum Gasteiger partial charge on any atom is 0.268 e. The van der Waals surface area contributed by atoms with E-state index < -0.39 is 18.2 Å². The Hall–Kier alpha value is -3.59. The minimum atomic E-state index is -0.577. The molecule has 31 heavy (non-hydrogen) atoms. The highest BCUT2D eigenvalue weighted by molar-refractivity contribution is 6.00. The molecule has 0 aliphatic carbocycles. The summed E-state index contributed by atoms with van der Waals surface area (Å²) in [6.45, 7) is 3.13. The van der Waals surface area contributed by atoms with E-state index in [-0.39, 0.29) is 5.70 Å². The lowest BCUT2D eigenvalue weighted by Gasteiger charge is -2.32. The van der Waals surface area contributed by atoms with Gasteiger partial charge in [-0.25, -0.2) is 0 Å². The quantitative estimate of drug-likeness (QED) is 0.661. The molecule has 3 aromatic rings. The molecular weight excluding hydrogens is 396 g/mol. The zero-order chi connectivity index (χ0) is 21.7. The second-order valence-electron chi connectivity index (χ2n) is 8.01. The number of carbonyl (C=O) groups excluding carboxylic acids is 1. The van der Waals surface area contributed by atoms with Crippen LogP contribution in [0.1, 0.15) is 23.9 Å². The fourth-order valence-corrected chi connectivity index (χ4v) is 4.34. The van der Waals surface area contributed by atoms with Crippen molar-refractivity contribution in [3.8, 4) is 0 Å². The molecule has 2 aliphatic heterocycles. The molecule has 1 saturated heterocycles. The van der Waals surface area contributed by atoms with Crippen LogP contribution in [0, 0.1) is 6.92 Å². The Morgan fingerprint density at radius 3 is 2.84 bits per heavy atom. The summed E-state index contributed by atoms with van der Waals surface area (Å²) in [5, 5.41) is 15.5. The fourth-order valence-electron chi connectivity index (χ4n) is 4.34. The molecule has 1 fully saturated rings. The molecule has 1 aromatic carbocycles. The third-order valence-electron chi connectivity index (χ3n) is 5.87. The van der Waals surface area contributed by atoms with Gasteiger partial charge in [-0.2, -0.15) is 5.10 Å². The van der Waals surface area contributed by atoms with Gasteiger partial charge in [0.25, 0.3) is 5.91 Å². The van der Waals surface area contributed by atoms with Crippen molar-refractivity contribution in [1.82, 2.24) is 14.8 Å². The minimum Gasteiger partial charge on any atom is -0.471 e. The summed E-state index contributed by atoms with van der Waals surface area (Å²) in [4.78, 5) is 20.5. The number of nitrogens with two attached hydrogens (primary N) is 1. The van der Waals surface area contributed by atoms with Crippen molar-refractivity contribution in [2.75, 3.05) is 22.9 Å². The Kier molecular flexibility index (Phi) is 4.55. The monoisotopic (exact) mass is 420 g/mol. The second-order valence-corrected chi connectivity index (χ2v) is 8.01. The molecule has 2 atom stereocenters. The molecule has 5 rings (SSSR count). The predicted octanol–water partition coefficient (Wildman–Crippen LogP) is 1.71. The summed E-state index contributed by atoms with van der Waals surface area (Å²) in [7, 11) is 1.89. The Morgan fingerprint density at radius 1 is 1.29 bits per heavy atom. The van der Waals surface area contributed by atoms with E-state index in [0.29, 0.717) is 19.5 Å². The number of aromatic nitrogens is 3. The molecule has 160 valence electrons. The highest BCUT2D eigenvalue weighted by Crippen LogP contribution is 2.44. The van der Waals surface area contributed by atoms with Gasteiger partial charge in [-0.15, -0.1) is 0 Å². The van der Waals surface area contributed by atoms with Gasteiger partial charge in [0.1, 0.15) is 12.0 Å². The number of β-amino-alcohol motifs (C(OH)–C–C–N with tert-alkyl or cyclic N) is 1. The lowest BCUT2D eigenvalue weighted by Crippen LogP contribution is -2.33. The number of aliphatic hydroxyl groups excluding tert-OH is 1. The van der Waals surface area contributed by atoms with E-state index in [1.54, 1.807) is 12.4 Å². The Bertz CT molecular complexity index is 1200. The maximum absolute atomic E-state index is 12.3. The molecule has 9 heteroatoms. The zero-order valence-corrected chi connectivity index (χ0v) is 17.4. The first kappa shape index (κ1) is 19.4. The van der Waals surface area contributed by atoms with E-state index in [0.717, 1.165) is 33.5 Å². The van der Waals surface area contributed by atoms with Crippen LogP contribution in [0.4, 0.5) is 11.4 Å². The second kappa shape index (κ2) is 7.28. The van der Waals surface area contributed by atoms with E-state index >= 15 is 0 Å². The molecule has 0 radical (unpaired) electrons. The Balaban J connectivity index is 1.70. The zero-order valence-electron chi connectivity index (χ0n) is 17.4. The van der Waals surface area contributed by atoms with Crippen LogP contribution >= 0.6 is 0 Å². The first-order valence-corrected chi connectivity index (χ1v) is 10.2. The van der Waals surface area contributed by atoms with E-state index in [2.05, 4.69) is 15.0 Å². The number of benzene rings is 1. The average molecular weight is 420 g/mol. The van der Waals surface area contributed by atoms with Crippen LogP contribution in [0.3, 0.4) is 0 Å². The van der Waals surface area contributed by atoms with Crippen LogP contribution in [0.2, 0.25) is 0 Å². The minimum absolute atomic E-state index is 0.267. The van der Waals surface area contributed by atoms with Crippen molar-refractivity contribution in [2.45, 2.75) is 25.7 Å². The number of rotatable bonds is 4. The van der Waals surface area contributed by atoms with Crippen molar-refractivity contribution in [1.29, 1.82) is 0 Å². The van der Waals surface area contributed by atoms with E-state index in [9.17, 15) is 9.90 Å². The number of hydrogen-bond donors (Lipinski definition) is 2. The number of nitrogens with zero attached hydrogens (tertiary/aromatic N) is 5. The summed E-state index contributed by atoms with van der Waals surface area (Å²) in [5.74, 6) is -0.577. The van der Waals surface area contributed by atoms with Crippen molar-refractivity contribution >= 4 is 28.2 Å². The Morgan fingerprint density at radius 2 is 2.13 bits per heavy atom. The standard InChI is InChI=1S/C22H24N6O3/c1-13-7-14(3-5-24-13)22-28(20(12-31-22)21(23)30)19-8-15-10-25-26(2)17(15)9-18(19)27-6-4-16(29)11-27/h3,5,7-10,12,16,22,29H,4,6,11H2,1-2H3,(H2,23,30)/t16?,22-/m0/s1. The number of aryl methyl sites for hydroxylation is 2. The normalized spacial score (nSPS) is 20.9. The predicted molar refractivity (Wildman–Crippen MR) is 116 cm³/mol. The maximum atomic E-state index is 12.3. The van der Waals surface area contributed by atoms with Gasteiger partial charge >= 0.3 is 0 Å². The molecule has 4 heterocycles. The SMILES string of the molecule is Cc1cc([C@@H]2OC=C(C(N)=O)N2c2cc3cnn(C)c3cc2N2CCC(O)C2)ccn1. The number of anilines is 2. The average Bonchev–Trinajstić information content (AvgIpc) is 3.45. The molecule has 2 aromatic heterocycles. The summed E-state index contributed by atoms with van der Waals surface area (Å²) in [6, 6.07) is 7.83. The van der Waals surface area contributed by atoms with Crippen molar-refractivity contribution in [3.63, 3.8) is 0 Å². The molecule has 3 N–H and O–H groups in total. The summed E-state index contributed by atoms with van der Waals surface area (Å²) < 4.78 is 7.75. The van der Waals surface area contributed by atoms with Crippen LogP contribution in [-0.4, -0.2) is 45.0 Å². The van der Waals surface area contributed by atoms with Gasteiger partial charge in [0.05, 0.1) is 29.2 Å². The molecule has 0 spiro atoms. The molecule has 1 amide bonds. The number of primary amides is 1. The summed E-state index contributed by atoms with van der Waals surface area (Å²) in [5.41, 5.74) is 10.3. The van der Waals surface area contributed by atoms with Crippen molar-refractivity contribution < 1.29 is 14.6 Å². The number of carbonyl (C=O) groups is 1. The first-order valence-electron chi connectivity index (χ1n) is 10.2. The molecule has 2 aliphatic rings. The lowest BCUT2D eigenvalue weighted by atomic mass is 10.1. The van der Waals surface area contributed by atoms with Crippen LogP contribution < -0.4 is 15.5 Å². The molecule has 9 nitrogen and oxygen atoms in total. The summed E-state index contributed by atoms with van der Waals surface area (Å²) in [6.07, 6.45) is 4.65. The van der Waals surface area contributed by atoms with E-state index in [4.69, 9.17) is 10.5 Å².